The molecule has 0 fully saturated rings. The molecule has 0 aliphatic carbocycles. The van der Waals surface area contributed by atoms with Crippen LogP contribution in [0.15, 0.2) is 55.0 Å². The molecule has 0 saturated heterocycles. The van der Waals surface area contributed by atoms with Crippen molar-refractivity contribution in [3.8, 4) is 16.9 Å². The number of benzene rings is 1. The molecule has 0 aliphatic heterocycles. The molecule has 0 aliphatic rings. The van der Waals surface area contributed by atoms with Crippen molar-refractivity contribution < 1.29 is 9.90 Å². The Morgan fingerprint density at radius 2 is 1.95 bits per heavy atom. The van der Waals surface area contributed by atoms with Gasteiger partial charge in [0.15, 0.2) is 0 Å². The summed E-state index contributed by atoms with van der Waals surface area (Å²) in [5.41, 5.74) is 2.47. The van der Waals surface area contributed by atoms with Gasteiger partial charge in [-0.15, -0.1) is 5.10 Å². The van der Waals surface area contributed by atoms with Crippen LogP contribution in [0.5, 0.6) is 0 Å². The summed E-state index contributed by atoms with van der Waals surface area (Å²) in [6, 6.07) is 10.2. The molecule has 20 heavy (non-hydrogen) atoms. The van der Waals surface area contributed by atoms with Crippen LogP contribution in [0.2, 0.25) is 0 Å². The van der Waals surface area contributed by atoms with Crippen molar-refractivity contribution in [2.45, 2.75) is 0 Å². The number of aromatic carboxylic acids is 1. The maximum Gasteiger partial charge on any atom is 0.335 e. The number of hydrogen-bond donors (Lipinski definition) is 1. The van der Waals surface area contributed by atoms with Crippen LogP contribution in [0.4, 0.5) is 0 Å². The minimum absolute atomic E-state index is 0.212. The van der Waals surface area contributed by atoms with E-state index in [1.54, 1.807) is 41.5 Å². The average Bonchev–Trinajstić information content (AvgIpc) is 2.98. The monoisotopic (exact) mass is 266 g/mol. The van der Waals surface area contributed by atoms with Crippen LogP contribution in [0, 0.1) is 0 Å². The first-order chi connectivity index (χ1) is 9.74. The second-order valence-corrected chi connectivity index (χ2v) is 4.14. The number of aromatic nitrogens is 4. The lowest BCUT2D eigenvalue weighted by Crippen LogP contribution is -2.00. The standard InChI is InChI=1S/C14H10N4O2/c19-14(20)11-2-1-3-12(8-11)18-9-13(16-17-18)10-4-6-15-7-5-10/h1-9H,(H,19,20). The molecule has 0 radical (unpaired) electrons. The summed E-state index contributed by atoms with van der Waals surface area (Å²) in [5.74, 6) is -0.971. The second kappa shape index (κ2) is 4.93. The van der Waals surface area contributed by atoms with Crippen molar-refractivity contribution in [1.29, 1.82) is 0 Å². The molecule has 1 aromatic carbocycles. The molecule has 3 rings (SSSR count). The molecule has 0 atom stereocenters. The van der Waals surface area contributed by atoms with Crippen molar-refractivity contribution in [3.05, 3.63) is 60.6 Å². The first kappa shape index (κ1) is 12.0. The van der Waals surface area contributed by atoms with Crippen LogP contribution in [0.25, 0.3) is 16.9 Å². The van der Waals surface area contributed by atoms with Crippen LogP contribution < -0.4 is 0 Å². The highest BCUT2D eigenvalue weighted by atomic mass is 16.4. The fourth-order valence-corrected chi connectivity index (χ4v) is 1.83. The summed E-state index contributed by atoms with van der Waals surface area (Å²) in [7, 11) is 0. The molecule has 1 N–H and O–H groups in total. The summed E-state index contributed by atoms with van der Waals surface area (Å²) in [5, 5.41) is 17.1. The van der Waals surface area contributed by atoms with Gasteiger partial charge in [-0.1, -0.05) is 11.3 Å². The quantitative estimate of drug-likeness (QED) is 0.784. The normalized spacial score (nSPS) is 10.4. The zero-order chi connectivity index (χ0) is 13.9. The van der Waals surface area contributed by atoms with Gasteiger partial charge in [-0.3, -0.25) is 4.98 Å². The van der Waals surface area contributed by atoms with Crippen molar-refractivity contribution in [2.24, 2.45) is 0 Å². The molecule has 6 nitrogen and oxygen atoms in total. The fourth-order valence-electron chi connectivity index (χ4n) is 1.83. The molecular formula is C14H10N4O2. The van der Waals surface area contributed by atoms with Crippen molar-refractivity contribution >= 4 is 5.97 Å². The lowest BCUT2D eigenvalue weighted by molar-refractivity contribution is 0.0697. The smallest absolute Gasteiger partial charge is 0.335 e. The van der Waals surface area contributed by atoms with Gasteiger partial charge in [0.1, 0.15) is 5.69 Å². The highest BCUT2D eigenvalue weighted by Crippen LogP contribution is 2.17. The average molecular weight is 266 g/mol. The van der Waals surface area contributed by atoms with E-state index in [-0.39, 0.29) is 5.56 Å². The summed E-state index contributed by atoms with van der Waals surface area (Å²) < 4.78 is 1.54. The molecule has 0 unspecified atom stereocenters. The maximum atomic E-state index is 11.0. The number of hydrogen-bond acceptors (Lipinski definition) is 4. The maximum absolute atomic E-state index is 11.0. The minimum atomic E-state index is -0.971. The van der Waals surface area contributed by atoms with E-state index in [9.17, 15) is 4.79 Å². The molecule has 2 heterocycles. The second-order valence-electron chi connectivity index (χ2n) is 4.14. The van der Waals surface area contributed by atoms with Gasteiger partial charge < -0.3 is 5.11 Å². The Balaban J connectivity index is 1.98. The summed E-state index contributed by atoms with van der Waals surface area (Å²) in [4.78, 5) is 14.9. The lowest BCUT2D eigenvalue weighted by atomic mass is 10.2. The van der Waals surface area contributed by atoms with E-state index in [1.165, 1.54) is 6.07 Å². The summed E-state index contributed by atoms with van der Waals surface area (Å²) in [6.07, 6.45) is 5.11. The Bertz CT molecular complexity index is 753. The number of carboxylic acids is 1. The van der Waals surface area contributed by atoms with Gasteiger partial charge in [-0.25, -0.2) is 9.48 Å². The number of carbonyl (C=O) groups is 1. The molecule has 0 saturated carbocycles. The van der Waals surface area contributed by atoms with Crippen LogP contribution in [-0.2, 0) is 0 Å². The van der Waals surface area contributed by atoms with Crippen molar-refractivity contribution in [2.75, 3.05) is 0 Å². The molecule has 3 aromatic rings. The third-order valence-corrected chi connectivity index (χ3v) is 2.83. The van der Waals surface area contributed by atoms with Crippen molar-refractivity contribution in [3.63, 3.8) is 0 Å². The summed E-state index contributed by atoms with van der Waals surface area (Å²) >= 11 is 0. The number of nitrogens with zero attached hydrogens (tertiary/aromatic N) is 4. The summed E-state index contributed by atoms with van der Waals surface area (Å²) in [6.45, 7) is 0. The Morgan fingerprint density at radius 1 is 1.15 bits per heavy atom. The highest BCUT2D eigenvalue weighted by molar-refractivity contribution is 5.88. The Kier molecular flexibility index (Phi) is 2.96. The van der Waals surface area contributed by atoms with Gasteiger partial charge >= 0.3 is 5.97 Å². The predicted octanol–water partition coefficient (Wildman–Crippen LogP) is 2.03. The molecule has 6 heteroatoms. The van der Waals surface area contributed by atoms with E-state index < -0.39 is 5.97 Å². The van der Waals surface area contributed by atoms with Gasteiger partial charge in [0.2, 0.25) is 0 Å². The highest BCUT2D eigenvalue weighted by Gasteiger charge is 2.07. The van der Waals surface area contributed by atoms with Crippen LogP contribution in [0.3, 0.4) is 0 Å². The van der Waals surface area contributed by atoms with Crippen molar-refractivity contribution in [1.82, 2.24) is 20.0 Å². The zero-order valence-corrected chi connectivity index (χ0v) is 10.3. The molecule has 0 bridgehead atoms. The predicted molar refractivity (Wildman–Crippen MR) is 71.5 cm³/mol. The zero-order valence-electron chi connectivity index (χ0n) is 10.3. The first-order valence-electron chi connectivity index (χ1n) is 5.90. The van der Waals surface area contributed by atoms with E-state index in [0.29, 0.717) is 11.4 Å². The van der Waals surface area contributed by atoms with E-state index in [0.717, 1.165) is 5.56 Å². The fraction of sp³-hybridized carbons (Fsp3) is 0. The Hall–Kier alpha value is -3.02. The topological polar surface area (TPSA) is 80.9 Å². The number of carboxylic acid groups (broad SMARTS) is 1. The number of rotatable bonds is 3. The van der Waals surface area contributed by atoms with Gasteiger partial charge in [-0.2, -0.15) is 0 Å². The lowest BCUT2D eigenvalue weighted by Gasteiger charge is -2.01. The van der Waals surface area contributed by atoms with E-state index >= 15 is 0 Å². The first-order valence-corrected chi connectivity index (χ1v) is 5.90. The van der Waals surface area contributed by atoms with Crippen LogP contribution in [-0.4, -0.2) is 31.1 Å². The molecule has 0 amide bonds. The largest absolute Gasteiger partial charge is 0.478 e. The van der Waals surface area contributed by atoms with Gasteiger partial charge in [-0.05, 0) is 30.3 Å². The van der Waals surface area contributed by atoms with E-state index in [4.69, 9.17) is 5.11 Å². The molecule has 2 aromatic heterocycles. The SMILES string of the molecule is O=C(O)c1cccc(-n2cc(-c3ccncc3)nn2)c1. The molecular weight excluding hydrogens is 256 g/mol. The van der Waals surface area contributed by atoms with Crippen LogP contribution in [0.1, 0.15) is 10.4 Å². The third-order valence-electron chi connectivity index (χ3n) is 2.83. The van der Waals surface area contributed by atoms with Gasteiger partial charge in [0, 0.05) is 18.0 Å². The number of pyridine rings is 1. The molecule has 98 valence electrons. The van der Waals surface area contributed by atoms with E-state index in [2.05, 4.69) is 15.3 Å². The van der Waals surface area contributed by atoms with Crippen LogP contribution >= 0.6 is 0 Å². The van der Waals surface area contributed by atoms with E-state index in [1.807, 2.05) is 12.1 Å². The molecule has 0 spiro atoms. The third kappa shape index (κ3) is 2.26. The Labute approximate surface area is 114 Å². The Morgan fingerprint density at radius 3 is 2.70 bits per heavy atom. The van der Waals surface area contributed by atoms with Gasteiger partial charge in [0.25, 0.3) is 0 Å². The van der Waals surface area contributed by atoms with Gasteiger partial charge in [0.05, 0.1) is 17.4 Å². The minimum Gasteiger partial charge on any atom is -0.478 e.